The number of benzene rings is 4. The zero-order valence-corrected chi connectivity index (χ0v) is 36.2. The third-order valence-corrected chi connectivity index (χ3v) is 9.35. The quantitative estimate of drug-likeness (QED) is 0.112. The van der Waals surface area contributed by atoms with Crippen LogP contribution in [0, 0.1) is 20.8 Å². The van der Waals surface area contributed by atoms with E-state index < -0.39 is 20.8 Å². The molecule has 2 unspecified atom stereocenters. The Morgan fingerprint density at radius 2 is 1.00 bits per heavy atom. The third-order valence-electron chi connectivity index (χ3n) is 9.35. The Morgan fingerprint density at radius 1 is 0.612 bits per heavy atom. The van der Waals surface area contributed by atoms with Gasteiger partial charge < -0.3 is 0 Å². The predicted octanol–water partition coefficient (Wildman–Crippen LogP) is 15.1. The molecule has 0 heterocycles. The van der Waals surface area contributed by atoms with Gasteiger partial charge >= 0.3 is 37.9 Å². The minimum atomic E-state index is -0.826. The van der Waals surface area contributed by atoms with Crippen LogP contribution < -0.4 is 0 Å². The molecule has 2 radical (unpaired) electrons. The Labute approximate surface area is 318 Å². The standard InChI is InChI=1S/C22H25.C21H23.C2H6Si.2ClH.Zr/c1-5-16(4)18-7-9-19(10-8-18)21-12-15(3)11-20-13-17(6-2)14-22(20)21;1-5-16(4)17-6-8-18(9-7-17)20-12-14(2)10-19-11-15(3)13-21(19)20;1-3-2;;;/h7-14,16H,5-6H2,1-4H3;6-13,16H,5H2,1-4H3;1-2H3;2*1H;/q2*-1;;;;+4/p-2. The molecular weight excluding hydrogens is 731 g/mol. The number of rotatable bonds is 7. The van der Waals surface area contributed by atoms with Gasteiger partial charge in [0.05, 0.1) is 0 Å². The van der Waals surface area contributed by atoms with Crippen molar-refractivity contribution in [1.29, 1.82) is 0 Å². The van der Waals surface area contributed by atoms with Crippen LogP contribution in [0.2, 0.25) is 13.1 Å². The molecule has 0 N–H and O–H groups in total. The average Bonchev–Trinajstić information content (AvgIpc) is 3.70. The van der Waals surface area contributed by atoms with Crippen molar-refractivity contribution in [2.75, 3.05) is 0 Å². The van der Waals surface area contributed by atoms with E-state index in [0.29, 0.717) is 11.8 Å². The van der Waals surface area contributed by atoms with E-state index in [2.05, 4.69) is 166 Å². The molecule has 0 saturated carbocycles. The second-order valence-corrected chi connectivity index (χ2v) is 18.0. The van der Waals surface area contributed by atoms with Crippen LogP contribution in [0.1, 0.15) is 92.7 Å². The van der Waals surface area contributed by atoms with Crippen LogP contribution in [0.4, 0.5) is 0 Å². The van der Waals surface area contributed by atoms with Gasteiger partial charge in [0.2, 0.25) is 0 Å². The summed E-state index contributed by atoms with van der Waals surface area (Å²) < 4.78 is 0. The van der Waals surface area contributed by atoms with Crippen LogP contribution in [-0.4, -0.2) is 9.52 Å². The second-order valence-electron chi connectivity index (χ2n) is 13.3. The van der Waals surface area contributed by atoms with Gasteiger partial charge in [0, 0.05) is 9.52 Å². The zero-order chi connectivity index (χ0) is 36.1. The molecule has 0 spiro atoms. The number of fused-ring (bicyclic) bond motifs is 2. The maximum atomic E-state index is 4.93. The topological polar surface area (TPSA) is 0 Å². The van der Waals surface area contributed by atoms with Crippen LogP contribution in [0.5, 0.6) is 0 Å². The van der Waals surface area contributed by atoms with Crippen molar-refractivity contribution in [1.82, 2.24) is 0 Å². The van der Waals surface area contributed by atoms with E-state index in [-0.39, 0.29) is 0 Å². The summed E-state index contributed by atoms with van der Waals surface area (Å²) in [5.41, 5.74) is 13.7. The Balaban J connectivity index is 0.000000229. The first kappa shape index (κ1) is 41.2. The molecule has 6 aromatic rings. The SMILES string of the molecule is CCC(C)c1ccc(-c2cc(C)cc3[cH-]c(C)cc23)cc1.CCc1cc2c(-c3ccc(C(C)CC)cc3)cc(C)cc2[cH-]1.C[Si]C.[Cl][Zr+2][Cl]. The van der Waals surface area contributed by atoms with Gasteiger partial charge in [-0.2, -0.15) is 12.1 Å². The van der Waals surface area contributed by atoms with Crippen molar-refractivity contribution < 1.29 is 20.8 Å². The van der Waals surface area contributed by atoms with Crippen molar-refractivity contribution in [3.8, 4) is 22.3 Å². The molecule has 49 heavy (non-hydrogen) atoms. The van der Waals surface area contributed by atoms with Gasteiger partial charge in [0.15, 0.2) is 0 Å². The average molecular weight is 785 g/mol. The number of hydrogen-bond acceptors (Lipinski definition) is 0. The van der Waals surface area contributed by atoms with E-state index in [1.165, 1.54) is 90.0 Å². The van der Waals surface area contributed by atoms with Gasteiger partial charge in [-0.3, -0.25) is 0 Å². The minimum absolute atomic E-state index is 0.636. The van der Waals surface area contributed by atoms with Gasteiger partial charge in [-0.15, -0.1) is 56.9 Å². The first-order chi connectivity index (χ1) is 23.5. The molecule has 0 aliphatic carbocycles. The first-order valence-corrected chi connectivity index (χ1v) is 26.0. The van der Waals surface area contributed by atoms with E-state index >= 15 is 0 Å². The molecule has 6 aromatic carbocycles. The first-order valence-electron chi connectivity index (χ1n) is 17.7. The Bertz CT molecular complexity index is 1860. The van der Waals surface area contributed by atoms with Crippen molar-refractivity contribution in [3.63, 3.8) is 0 Å². The van der Waals surface area contributed by atoms with E-state index in [4.69, 9.17) is 17.0 Å². The van der Waals surface area contributed by atoms with Crippen LogP contribution in [0.3, 0.4) is 0 Å². The maximum absolute atomic E-state index is 4.93. The van der Waals surface area contributed by atoms with Crippen molar-refractivity contribution in [3.05, 3.63) is 130 Å². The number of hydrogen-bond donors (Lipinski definition) is 0. The summed E-state index contributed by atoms with van der Waals surface area (Å²) in [7, 11) is 11.0. The van der Waals surface area contributed by atoms with Crippen LogP contribution in [-0.2, 0) is 27.3 Å². The van der Waals surface area contributed by atoms with Gasteiger partial charge in [-0.1, -0.05) is 138 Å². The molecular formula is C45H54Cl2SiZr. The zero-order valence-electron chi connectivity index (χ0n) is 31.3. The van der Waals surface area contributed by atoms with Gasteiger partial charge in [-0.05, 0) is 67.2 Å². The Hall–Kier alpha value is -2.22. The summed E-state index contributed by atoms with van der Waals surface area (Å²) in [5, 5.41) is 5.49. The van der Waals surface area contributed by atoms with Gasteiger partial charge in [-0.25, -0.2) is 0 Å². The summed E-state index contributed by atoms with van der Waals surface area (Å²) in [6.45, 7) is 22.2. The number of halogens is 2. The Morgan fingerprint density at radius 3 is 1.39 bits per heavy atom. The van der Waals surface area contributed by atoms with Gasteiger partial charge in [0.25, 0.3) is 0 Å². The molecule has 0 saturated heterocycles. The molecule has 0 aromatic heterocycles. The molecule has 0 aliphatic heterocycles. The normalized spacial score (nSPS) is 11.8. The van der Waals surface area contributed by atoms with Crippen molar-refractivity contribution in [2.45, 2.75) is 99.6 Å². The summed E-state index contributed by atoms with van der Waals surface area (Å²) in [5.74, 6) is 1.27. The van der Waals surface area contributed by atoms with Crippen LogP contribution in [0.25, 0.3) is 43.8 Å². The van der Waals surface area contributed by atoms with E-state index in [9.17, 15) is 0 Å². The predicted molar refractivity (Wildman–Crippen MR) is 220 cm³/mol. The van der Waals surface area contributed by atoms with Crippen LogP contribution >= 0.6 is 17.0 Å². The van der Waals surface area contributed by atoms with Crippen LogP contribution in [0.15, 0.2) is 97.1 Å². The molecule has 2 atom stereocenters. The summed E-state index contributed by atoms with van der Waals surface area (Å²) in [4.78, 5) is 0. The third kappa shape index (κ3) is 11.4. The molecule has 0 amide bonds. The Kier molecular flexibility index (Phi) is 17.3. The number of aryl methyl sites for hydroxylation is 4. The van der Waals surface area contributed by atoms with E-state index in [1.54, 1.807) is 0 Å². The fourth-order valence-corrected chi connectivity index (χ4v) is 6.29. The molecule has 0 bridgehead atoms. The molecule has 0 aliphatic rings. The van der Waals surface area contributed by atoms with Crippen molar-refractivity contribution in [2.24, 2.45) is 0 Å². The summed E-state index contributed by atoms with van der Waals surface area (Å²) in [6, 6.07) is 36.7. The second kappa shape index (κ2) is 20.6. The monoisotopic (exact) mass is 782 g/mol. The summed E-state index contributed by atoms with van der Waals surface area (Å²) in [6.07, 6.45) is 3.48. The molecule has 4 heteroatoms. The summed E-state index contributed by atoms with van der Waals surface area (Å²) >= 11 is -0.826. The molecule has 0 fully saturated rings. The fraction of sp³-hybridized carbons (Fsp3) is 0.333. The molecule has 256 valence electrons. The van der Waals surface area contributed by atoms with E-state index in [0.717, 1.165) is 15.9 Å². The van der Waals surface area contributed by atoms with Gasteiger partial charge in [0.1, 0.15) is 0 Å². The van der Waals surface area contributed by atoms with E-state index in [1.807, 2.05) is 0 Å². The fourth-order valence-electron chi connectivity index (χ4n) is 6.29. The molecule has 0 nitrogen and oxygen atoms in total. The van der Waals surface area contributed by atoms with Crippen molar-refractivity contribution >= 4 is 48.1 Å². The molecule has 6 rings (SSSR count).